The molecular formula is C12H22BrN3O2S. The SMILES string of the molecule is CCNC(Cc1c(Br)c(CC)nn1C)CS(C)(=O)=O. The van der Waals surface area contributed by atoms with Gasteiger partial charge in [0.05, 0.1) is 21.6 Å². The van der Waals surface area contributed by atoms with Crippen LogP contribution in [-0.2, 0) is 29.7 Å². The number of rotatable bonds is 7. The highest BCUT2D eigenvalue weighted by molar-refractivity contribution is 9.10. The van der Waals surface area contributed by atoms with E-state index >= 15 is 0 Å². The Balaban J connectivity index is 2.93. The zero-order valence-corrected chi connectivity index (χ0v) is 14.3. The molecule has 1 aromatic heterocycles. The zero-order valence-electron chi connectivity index (χ0n) is 11.9. The molecule has 0 aromatic carbocycles. The Labute approximate surface area is 123 Å². The molecule has 0 radical (unpaired) electrons. The molecule has 7 heteroatoms. The molecule has 0 bridgehead atoms. The second kappa shape index (κ2) is 6.85. The van der Waals surface area contributed by atoms with Crippen LogP contribution in [-0.4, -0.2) is 42.8 Å². The molecule has 0 saturated carbocycles. The summed E-state index contributed by atoms with van der Waals surface area (Å²) in [6.45, 7) is 4.77. The van der Waals surface area contributed by atoms with Crippen LogP contribution in [0.5, 0.6) is 0 Å². The standard InChI is InChI=1S/C12H22BrN3O2S/c1-5-10-12(13)11(16(3)15-10)7-9(14-6-2)8-19(4,17)18/h9,14H,5-8H2,1-4H3. The van der Waals surface area contributed by atoms with Crippen molar-refractivity contribution >= 4 is 25.8 Å². The van der Waals surface area contributed by atoms with Gasteiger partial charge in [0.15, 0.2) is 0 Å². The van der Waals surface area contributed by atoms with Gasteiger partial charge < -0.3 is 5.32 Å². The van der Waals surface area contributed by atoms with Gasteiger partial charge in [-0.05, 0) is 28.9 Å². The van der Waals surface area contributed by atoms with Gasteiger partial charge in [-0.25, -0.2) is 8.42 Å². The van der Waals surface area contributed by atoms with E-state index in [2.05, 4.69) is 33.3 Å². The Bertz CT molecular complexity index is 525. The summed E-state index contributed by atoms with van der Waals surface area (Å²) in [6.07, 6.45) is 2.77. The van der Waals surface area contributed by atoms with Crippen LogP contribution in [0.4, 0.5) is 0 Å². The largest absolute Gasteiger partial charge is 0.313 e. The second-order valence-corrected chi connectivity index (χ2v) is 7.71. The predicted octanol–water partition coefficient (Wildman–Crippen LogP) is 1.31. The third-order valence-electron chi connectivity index (χ3n) is 2.94. The number of nitrogens with zero attached hydrogens (tertiary/aromatic N) is 2. The van der Waals surface area contributed by atoms with Crippen LogP contribution < -0.4 is 5.32 Å². The van der Waals surface area contributed by atoms with E-state index in [-0.39, 0.29) is 11.8 Å². The topological polar surface area (TPSA) is 64.0 Å². The van der Waals surface area contributed by atoms with Crippen molar-refractivity contribution in [3.05, 3.63) is 15.9 Å². The first-order chi connectivity index (χ1) is 8.78. The normalized spacial score (nSPS) is 13.7. The molecule has 0 spiro atoms. The lowest BCUT2D eigenvalue weighted by Crippen LogP contribution is -2.37. The van der Waals surface area contributed by atoms with Crippen LogP contribution in [0.15, 0.2) is 4.47 Å². The zero-order chi connectivity index (χ0) is 14.6. The quantitative estimate of drug-likeness (QED) is 0.804. The van der Waals surface area contributed by atoms with Crippen molar-refractivity contribution in [1.29, 1.82) is 0 Å². The van der Waals surface area contributed by atoms with Gasteiger partial charge >= 0.3 is 0 Å². The van der Waals surface area contributed by atoms with Gasteiger partial charge in [0.1, 0.15) is 9.84 Å². The molecule has 1 unspecified atom stereocenters. The van der Waals surface area contributed by atoms with Crippen molar-refractivity contribution in [3.63, 3.8) is 0 Å². The molecule has 0 aliphatic carbocycles. The van der Waals surface area contributed by atoms with Gasteiger partial charge in [-0.15, -0.1) is 0 Å². The van der Waals surface area contributed by atoms with Crippen molar-refractivity contribution in [2.24, 2.45) is 7.05 Å². The molecule has 0 aliphatic rings. The summed E-state index contributed by atoms with van der Waals surface area (Å²) in [5.41, 5.74) is 2.04. The molecule has 110 valence electrons. The molecule has 1 N–H and O–H groups in total. The summed E-state index contributed by atoms with van der Waals surface area (Å²) in [5, 5.41) is 7.66. The molecule has 19 heavy (non-hydrogen) atoms. The first-order valence-electron chi connectivity index (χ1n) is 6.39. The summed E-state index contributed by atoms with van der Waals surface area (Å²) in [7, 11) is -1.11. The van der Waals surface area contributed by atoms with E-state index in [0.717, 1.165) is 28.8 Å². The highest BCUT2D eigenvalue weighted by atomic mass is 79.9. The lowest BCUT2D eigenvalue weighted by molar-refractivity contribution is 0.529. The van der Waals surface area contributed by atoms with Crippen LogP contribution in [0, 0.1) is 0 Å². The van der Waals surface area contributed by atoms with Crippen LogP contribution in [0.2, 0.25) is 0 Å². The molecule has 1 heterocycles. The van der Waals surface area contributed by atoms with Gasteiger partial charge in [-0.2, -0.15) is 5.10 Å². The minimum atomic E-state index is -3.00. The van der Waals surface area contributed by atoms with Gasteiger partial charge in [0.2, 0.25) is 0 Å². The van der Waals surface area contributed by atoms with Crippen molar-refractivity contribution in [3.8, 4) is 0 Å². The number of nitrogens with one attached hydrogen (secondary N) is 1. The van der Waals surface area contributed by atoms with Crippen molar-refractivity contribution in [1.82, 2.24) is 15.1 Å². The maximum Gasteiger partial charge on any atom is 0.148 e. The number of likely N-dealkylation sites (N-methyl/N-ethyl adjacent to an activating group) is 1. The first kappa shape index (κ1) is 16.7. The van der Waals surface area contributed by atoms with Crippen molar-refractivity contribution in [2.75, 3.05) is 18.6 Å². The maximum absolute atomic E-state index is 11.5. The smallest absolute Gasteiger partial charge is 0.148 e. The van der Waals surface area contributed by atoms with Crippen LogP contribution >= 0.6 is 15.9 Å². The number of sulfone groups is 1. The fourth-order valence-corrected chi connectivity index (χ4v) is 3.86. The molecular weight excluding hydrogens is 330 g/mol. The number of hydrogen-bond acceptors (Lipinski definition) is 4. The van der Waals surface area contributed by atoms with Crippen LogP contribution in [0.3, 0.4) is 0 Å². The van der Waals surface area contributed by atoms with E-state index < -0.39 is 9.84 Å². The monoisotopic (exact) mass is 351 g/mol. The molecule has 0 fully saturated rings. The highest BCUT2D eigenvalue weighted by Gasteiger charge is 2.20. The third-order valence-corrected chi connectivity index (χ3v) is 4.86. The van der Waals surface area contributed by atoms with Crippen LogP contribution in [0.25, 0.3) is 0 Å². The van der Waals surface area contributed by atoms with E-state index in [4.69, 9.17) is 0 Å². The number of aryl methyl sites for hydroxylation is 2. The summed E-state index contributed by atoms with van der Waals surface area (Å²) in [4.78, 5) is 0. The number of aromatic nitrogens is 2. The Kier molecular flexibility index (Phi) is 6.01. The van der Waals surface area contributed by atoms with Gasteiger partial charge in [0, 0.05) is 25.8 Å². The Morgan fingerprint density at radius 3 is 2.47 bits per heavy atom. The van der Waals surface area contributed by atoms with Gasteiger partial charge in [-0.3, -0.25) is 4.68 Å². The third kappa shape index (κ3) is 4.89. The summed E-state index contributed by atoms with van der Waals surface area (Å²) in [6, 6.07) is -0.0867. The second-order valence-electron chi connectivity index (χ2n) is 4.74. The molecule has 5 nitrogen and oxygen atoms in total. The van der Waals surface area contributed by atoms with Crippen molar-refractivity contribution < 1.29 is 8.42 Å². The predicted molar refractivity (Wildman–Crippen MR) is 81.2 cm³/mol. The highest BCUT2D eigenvalue weighted by Crippen LogP contribution is 2.23. The van der Waals surface area contributed by atoms with Crippen LogP contribution in [0.1, 0.15) is 25.2 Å². The molecule has 1 rings (SSSR count). The number of hydrogen-bond donors (Lipinski definition) is 1. The minimum Gasteiger partial charge on any atom is -0.313 e. The van der Waals surface area contributed by atoms with E-state index in [9.17, 15) is 8.42 Å². The Morgan fingerprint density at radius 2 is 2.05 bits per heavy atom. The summed E-state index contributed by atoms with van der Waals surface area (Å²) >= 11 is 3.56. The Hall–Kier alpha value is -0.400. The van der Waals surface area contributed by atoms with Crippen molar-refractivity contribution in [2.45, 2.75) is 32.7 Å². The average Bonchev–Trinajstić information content (AvgIpc) is 2.54. The van der Waals surface area contributed by atoms with E-state index in [1.807, 2.05) is 18.7 Å². The summed E-state index contributed by atoms with van der Waals surface area (Å²) in [5.74, 6) is 0.139. The van der Waals surface area contributed by atoms with Gasteiger partial charge in [0.25, 0.3) is 0 Å². The molecule has 0 saturated heterocycles. The fraction of sp³-hybridized carbons (Fsp3) is 0.750. The lowest BCUT2D eigenvalue weighted by Gasteiger charge is -2.17. The fourth-order valence-electron chi connectivity index (χ4n) is 2.12. The average molecular weight is 352 g/mol. The van der Waals surface area contributed by atoms with Gasteiger partial charge in [-0.1, -0.05) is 13.8 Å². The Morgan fingerprint density at radius 1 is 1.42 bits per heavy atom. The lowest BCUT2D eigenvalue weighted by atomic mass is 10.1. The van der Waals surface area contributed by atoms with E-state index in [1.165, 1.54) is 6.26 Å². The molecule has 1 atom stereocenters. The molecule has 0 amide bonds. The van der Waals surface area contributed by atoms with E-state index in [1.54, 1.807) is 0 Å². The number of halogens is 1. The molecule has 0 aliphatic heterocycles. The maximum atomic E-state index is 11.5. The first-order valence-corrected chi connectivity index (χ1v) is 9.25. The summed E-state index contributed by atoms with van der Waals surface area (Å²) < 4.78 is 25.8. The minimum absolute atomic E-state index is 0.0867. The van der Waals surface area contributed by atoms with E-state index in [0.29, 0.717) is 6.42 Å². The molecule has 1 aromatic rings.